The third kappa shape index (κ3) is 5.30. The third-order valence-corrected chi connectivity index (χ3v) is 9.76. The number of nitriles is 1. The van der Waals surface area contributed by atoms with E-state index in [1.165, 1.54) is 18.2 Å². The van der Waals surface area contributed by atoms with E-state index in [2.05, 4.69) is 37.5 Å². The van der Waals surface area contributed by atoms with Crippen molar-refractivity contribution in [3.05, 3.63) is 68.2 Å². The fourth-order valence-corrected chi connectivity index (χ4v) is 7.67. The van der Waals surface area contributed by atoms with Crippen LogP contribution in [0.4, 0.5) is 5.69 Å². The molecule has 5 rings (SSSR count). The summed E-state index contributed by atoms with van der Waals surface area (Å²) in [6.07, 6.45) is 7.50. The van der Waals surface area contributed by atoms with Crippen LogP contribution in [0.2, 0.25) is 0 Å². The predicted octanol–water partition coefficient (Wildman–Crippen LogP) is 7.98. The molecule has 2 aromatic heterocycles. The molecule has 1 aliphatic carbocycles. The highest BCUT2D eigenvalue weighted by atomic mass is 32.2. The molecule has 0 bridgehead atoms. The summed E-state index contributed by atoms with van der Waals surface area (Å²) in [6.45, 7) is 10.8. The Bertz CT molecular complexity index is 1500. The molecule has 2 fully saturated rings. The SMILES string of the molecule is CCOc1ccc(N=C2S/C(=C/c3cc(C)n(-c4sc(C)c(C)c4C#N)c3C)C(=O)N2C2CCCCC2)cc1. The average molecular weight is 559 g/mol. The Hall–Kier alpha value is -3.28. The van der Waals surface area contributed by atoms with Crippen LogP contribution in [0.5, 0.6) is 5.75 Å². The lowest BCUT2D eigenvalue weighted by Crippen LogP contribution is -2.40. The van der Waals surface area contributed by atoms with E-state index in [4.69, 9.17) is 9.73 Å². The maximum absolute atomic E-state index is 13.9. The van der Waals surface area contributed by atoms with E-state index in [1.807, 2.05) is 49.1 Å². The number of benzene rings is 1. The van der Waals surface area contributed by atoms with Crippen LogP contribution in [0.1, 0.15) is 72.0 Å². The van der Waals surface area contributed by atoms with Crippen LogP contribution in [-0.4, -0.2) is 33.2 Å². The van der Waals surface area contributed by atoms with Gasteiger partial charge >= 0.3 is 0 Å². The molecular formula is C31H34N4O2S2. The van der Waals surface area contributed by atoms with E-state index >= 15 is 0 Å². The number of hydrogen-bond acceptors (Lipinski definition) is 6. The fraction of sp³-hybridized carbons (Fsp3) is 0.387. The van der Waals surface area contributed by atoms with Gasteiger partial charge < -0.3 is 9.30 Å². The van der Waals surface area contributed by atoms with E-state index in [1.54, 1.807) is 11.3 Å². The first-order chi connectivity index (χ1) is 18.8. The van der Waals surface area contributed by atoms with E-state index in [-0.39, 0.29) is 11.9 Å². The first-order valence-electron chi connectivity index (χ1n) is 13.6. The first kappa shape index (κ1) is 27.3. The molecule has 202 valence electrons. The number of nitrogens with zero attached hydrogens (tertiary/aromatic N) is 4. The van der Waals surface area contributed by atoms with Crippen LogP contribution >= 0.6 is 23.1 Å². The van der Waals surface area contributed by atoms with Gasteiger partial charge in [0.2, 0.25) is 0 Å². The molecule has 0 N–H and O–H groups in total. The molecule has 1 amide bonds. The summed E-state index contributed by atoms with van der Waals surface area (Å²) in [5.41, 5.74) is 5.61. The summed E-state index contributed by atoms with van der Waals surface area (Å²) >= 11 is 3.10. The Morgan fingerprint density at radius 1 is 1.13 bits per heavy atom. The number of ether oxygens (including phenoxy) is 1. The summed E-state index contributed by atoms with van der Waals surface area (Å²) in [6, 6.07) is 12.4. The molecule has 39 heavy (non-hydrogen) atoms. The Kier molecular flexibility index (Phi) is 8.01. The number of carbonyl (C=O) groups excluding carboxylic acids is 1. The van der Waals surface area contributed by atoms with Crippen molar-refractivity contribution in [2.75, 3.05) is 6.61 Å². The predicted molar refractivity (Wildman–Crippen MR) is 161 cm³/mol. The molecule has 1 saturated heterocycles. The quantitative estimate of drug-likeness (QED) is 0.288. The number of amides is 1. The molecule has 3 aromatic rings. The second-order valence-electron chi connectivity index (χ2n) is 10.1. The van der Waals surface area contributed by atoms with Crippen molar-refractivity contribution < 1.29 is 9.53 Å². The summed E-state index contributed by atoms with van der Waals surface area (Å²) in [4.78, 5) is 22.6. The van der Waals surface area contributed by atoms with Crippen molar-refractivity contribution in [2.45, 2.75) is 72.8 Å². The summed E-state index contributed by atoms with van der Waals surface area (Å²) in [5, 5.41) is 11.5. The smallest absolute Gasteiger partial charge is 0.267 e. The van der Waals surface area contributed by atoms with Gasteiger partial charge in [0.1, 0.15) is 16.8 Å². The van der Waals surface area contributed by atoms with Gasteiger partial charge in [-0.15, -0.1) is 11.3 Å². The molecule has 0 unspecified atom stereocenters. The van der Waals surface area contributed by atoms with Crippen molar-refractivity contribution >= 4 is 45.9 Å². The first-order valence-corrected chi connectivity index (χ1v) is 15.2. The molecule has 8 heteroatoms. The van der Waals surface area contributed by atoms with Gasteiger partial charge in [0.15, 0.2) is 5.17 Å². The van der Waals surface area contributed by atoms with Crippen molar-refractivity contribution in [3.8, 4) is 16.8 Å². The van der Waals surface area contributed by atoms with Gasteiger partial charge in [-0.3, -0.25) is 9.69 Å². The van der Waals surface area contributed by atoms with E-state index in [0.717, 1.165) is 80.2 Å². The number of thioether (sulfide) groups is 1. The minimum Gasteiger partial charge on any atom is -0.494 e. The minimum absolute atomic E-state index is 0.0296. The molecule has 0 radical (unpaired) electrons. The zero-order chi connectivity index (χ0) is 27.7. The van der Waals surface area contributed by atoms with E-state index in [0.29, 0.717) is 11.5 Å². The Balaban J connectivity index is 1.52. The van der Waals surface area contributed by atoms with Gasteiger partial charge in [0.25, 0.3) is 5.91 Å². The lowest BCUT2D eigenvalue weighted by atomic mass is 9.94. The molecule has 0 atom stereocenters. The number of rotatable bonds is 6. The monoisotopic (exact) mass is 558 g/mol. The maximum atomic E-state index is 13.9. The highest BCUT2D eigenvalue weighted by molar-refractivity contribution is 8.18. The third-order valence-electron chi connectivity index (χ3n) is 7.59. The number of hydrogen-bond donors (Lipinski definition) is 0. The number of amidine groups is 1. The standard InChI is InChI=1S/C31H34N4O2S2/c1-6-37-26-14-12-24(13-15-26)33-31-35(25-10-8-7-9-11-25)29(36)28(39-31)17-23-16-19(2)34(21(23)4)30-27(18-32)20(3)22(5)38-30/h12-17,25H,6-11H2,1-5H3/b28-17+,33-31?. The van der Waals surface area contributed by atoms with Crippen LogP contribution in [0.15, 0.2) is 40.2 Å². The number of aryl methyl sites for hydroxylation is 2. The maximum Gasteiger partial charge on any atom is 0.267 e. The number of aromatic nitrogens is 1. The zero-order valence-corrected chi connectivity index (χ0v) is 24.8. The molecule has 2 aliphatic rings. The van der Waals surface area contributed by atoms with Gasteiger partial charge in [0.05, 0.1) is 22.8 Å². The average Bonchev–Trinajstić information content (AvgIpc) is 3.50. The van der Waals surface area contributed by atoms with Crippen LogP contribution in [0, 0.1) is 39.0 Å². The summed E-state index contributed by atoms with van der Waals surface area (Å²) in [7, 11) is 0. The molecule has 1 aliphatic heterocycles. The molecule has 6 nitrogen and oxygen atoms in total. The Morgan fingerprint density at radius 3 is 2.51 bits per heavy atom. The van der Waals surface area contributed by atoms with Crippen LogP contribution in [0.3, 0.4) is 0 Å². The van der Waals surface area contributed by atoms with Gasteiger partial charge in [-0.25, -0.2) is 4.99 Å². The second-order valence-corrected chi connectivity index (χ2v) is 12.3. The second kappa shape index (κ2) is 11.4. The Labute approximate surface area is 239 Å². The summed E-state index contributed by atoms with van der Waals surface area (Å²) < 4.78 is 7.72. The van der Waals surface area contributed by atoms with Crippen LogP contribution in [0.25, 0.3) is 11.1 Å². The van der Waals surface area contributed by atoms with Crippen molar-refractivity contribution in [2.24, 2.45) is 4.99 Å². The molecule has 3 heterocycles. The van der Waals surface area contributed by atoms with Crippen molar-refractivity contribution in [1.29, 1.82) is 5.26 Å². The van der Waals surface area contributed by atoms with Gasteiger partial charge in [-0.05, 0) is 107 Å². The number of carbonyl (C=O) groups is 1. The molecular weight excluding hydrogens is 525 g/mol. The van der Waals surface area contributed by atoms with E-state index < -0.39 is 0 Å². The number of aliphatic imine (C=N–C) groups is 1. The summed E-state index contributed by atoms with van der Waals surface area (Å²) in [5.74, 6) is 0.842. The highest BCUT2D eigenvalue weighted by Gasteiger charge is 2.39. The Morgan fingerprint density at radius 2 is 1.85 bits per heavy atom. The lowest BCUT2D eigenvalue weighted by molar-refractivity contribution is -0.124. The molecule has 1 saturated carbocycles. The number of thiophene rings is 1. The van der Waals surface area contributed by atoms with Gasteiger partial charge in [-0.2, -0.15) is 5.26 Å². The molecule has 1 aromatic carbocycles. The van der Waals surface area contributed by atoms with Crippen molar-refractivity contribution in [3.63, 3.8) is 0 Å². The minimum atomic E-state index is 0.0296. The fourth-order valence-electron chi connectivity index (χ4n) is 5.41. The largest absolute Gasteiger partial charge is 0.494 e. The molecule has 0 spiro atoms. The highest BCUT2D eigenvalue weighted by Crippen LogP contribution is 2.40. The topological polar surface area (TPSA) is 70.6 Å². The lowest BCUT2D eigenvalue weighted by Gasteiger charge is -2.30. The van der Waals surface area contributed by atoms with Crippen LogP contribution in [-0.2, 0) is 4.79 Å². The normalized spacial score (nSPS) is 18.4. The van der Waals surface area contributed by atoms with Gasteiger partial charge in [0, 0.05) is 22.3 Å². The zero-order valence-electron chi connectivity index (χ0n) is 23.2. The van der Waals surface area contributed by atoms with E-state index in [9.17, 15) is 10.1 Å². The van der Waals surface area contributed by atoms with Crippen molar-refractivity contribution in [1.82, 2.24) is 9.47 Å². The van der Waals surface area contributed by atoms with Crippen LogP contribution < -0.4 is 4.74 Å². The van der Waals surface area contributed by atoms with Gasteiger partial charge in [-0.1, -0.05) is 19.3 Å².